The van der Waals surface area contributed by atoms with Gasteiger partial charge < -0.3 is 10.1 Å². The molecule has 1 aliphatic carbocycles. The number of fused-ring (bicyclic) bond motifs is 2. The van der Waals surface area contributed by atoms with Gasteiger partial charge in [0.2, 0.25) is 0 Å². The monoisotopic (exact) mass is 196 g/mol. The van der Waals surface area contributed by atoms with Crippen LogP contribution in [0.15, 0.2) is 0 Å². The van der Waals surface area contributed by atoms with Crippen LogP contribution in [-0.2, 0) is 4.74 Å². The molecular weight excluding hydrogens is 176 g/mol. The molecule has 14 heavy (non-hydrogen) atoms. The first-order valence-corrected chi connectivity index (χ1v) is 5.97. The standard InChI is InChI=1S/C11H20N2O/c1-2-10-8-12-7-9(1)11(10)13-3-5-14-6-4-13/h9-12H,1-8H2. The van der Waals surface area contributed by atoms with Gasteiger partial charge in [-0.15, -0.1) is 0 Å². The van der Waals surface area contributed by atoms with Crippen molar-refractivity contribution in [2.75, 3.05) is 39.4 Å². The molecule has 0 spiro atoms. The molecule has 0 aromatic rings. The van der Waals surface area contributed by atoms with Gasteiger partial charge in [0.05, 0.1) is 13.2 Å². The maximum atomic E-state index is 5.42. The third kappa shape index (κ3) is 1.47. The smallest absolute Gasteiger partial charge is 0.0594 e. The summed E-state index contributed by atoms with van der Waals surface area (Å²) in [5.74, 6) is 1.85. The second-order valence-corrected chi connectivity index (χ2v) is 4.89. The highest BCUT2D eigenvalue weighted by atomic mass is 16.5. The van der Waals surface area contributed by atoms with Crippen LogP contribution in [0.5, 0.6) is 0 Å². The lowest BCUT2D eigenvalue weighted by molar-refractivity contribution is -0.00799. The van der Waals surface area contributed by atoms with E-state index in [1.54, 1.807) is 0 Å². The largest absolute Gasteiger partial charge is 0.379 e. The molecule has 80 valence electrons. The molecule has 3 heteroatoms. The van der Waals surface area contributed by atoms with Crippen LogP contribution in [0.25, 0.3) is 0 Å². The zero-order valence-electron chi connectivity index (χ0n) is 8.74. The summed E-state index contributed by atoms with van der Waals surface area (Å²) in [6.07, 6.45) is 2.89. The molecule has 3 fully saturated rings. The molecule has 1 saturated carbocycles. The van der Waals surface area contributed by atoms with E-state index in [2.05, 4.69) is 10.2 Å². The molecular formula is C11H20N2O. The molecule has 0 radical (unpaired) electrons. The third-order valence-electron chi connectivity index (χ3n) is 4.15. The van der Waals surface area contributed by atoms with Crippen LogP contribution in [0.3, 0.4) is 0 Å². The molecule has 0 aromatic carbocycles. The molecule has 2 unspecified atom stereocenters. The minimum atomic E-state index is 0.875. The van der Waals surface area contributed by atoms with Gasteiger partial charge in [-0.05, 0) is 37.8 Å². The van der Waals surface area contributed by atoms with E-state index < -0.39 is 0 Å². The normalized spacial score (nSPS) is 44.1. The van der Waals surface area contributed by atoms with Gasteiger partial charge in [-0.2, -0.15) is 0 Å². The average Bonchev–Trinajstić information content (AvgIpc) is 2.50. The Morgan fingerprint density at radius 3 is 2.29 bits per heavy atom. The van der Waals surface area contributed by atoms with Gasteiger partial charge in [0.25, 0.3) is 0 Å². The van der Waals surface area contributed by atoms with Crippen molar-refractivity contribution >= 4 is 0 Å². The average molecular weight is 196 g/mol. The van der Waals surface area contributed by atoms with Gasteiger partial charge in [-0.1, -0.05) is 0 Å². The number of piperidine rings is 1. The fraction of sp³-hybridized carbons (Fsp3) is 1.00. The molecule has 2 bridgehead atoms. The second kappa shape index (κ2) is 3.80. The Morgan fingerprint density at radius 2 is 1.64 bits per heavy atom. The first-order chi connectivity index (χ1) is 6.95. The minimum Gasteiger partial charge on any atom is -0.379 e. The Morgan fingerprint density at radius 1 is 1.00 bits per heavy atom. The molecule has 2 aliphatic heterocycles. The summed E-state index contributed by atoms with van der Waals surface area (Å²) in [7, 11) is 0. The van der Waals surface area contributed by atoms with Crippen LogP contribution in [0, 0.1) is 11.8 Å². The molecule has 0 aromatic heterocycles. The summed E-state index contributed by atoms with van der Waals surface area (Å²) in [6, 6.07) is 0.875. The van der Waals surface area contributed by atoms with E-state index in [0.717, 1.165) is 44.2 Å². The van der Waals surface area contributed by atoms with Crippen molar-refractivity contribution in [1.29, 1.82) is 0 Å². The molecule has 1 N–H and O–H groups in total. The van der Waals surface area contributed by atoms with Crippen LogP contribution in [0.2, 0.25) is 0 Å². The summed E-state index contributed by atoms with van der Waals surface area (Å²) in [4.78, 5) is 2.69. The Kier molecular flexibility index (Phi) is 2.48. The number of hydrogen-bond donors (Lipinski definition) is 1. The van der Waals surface area contributed by atoms with E-state index in [1.165, 1.54) is 25.9 Å². The Labute approximate surface area is 85.8 Å². The lowest BCUT2D eigenvalue weighted by atomic mass is 9.92. The summed E-state index contributed by atoms with van der Waals surface area (Å²) in [6.45, 7) is 6.72. The van der Waals surface area contributed by atoms with Crippen molar-refractivity contribution in [2.24, 2.45) is 11.8 Å². The minimum absolute atomic E-state index is 0.875. The van der Waals surface area contributed by atoms with E-state index in [4.69, 9.17) is 4.74 Å². The van der Waals surface area contributed by atoms with E-state index in [9.17, 15) is 0 Å². The first-order valence-electron chi connectivity index (χ1n) is 5.97. The molecule has 2 atom stereocenters. The first kappa shape index (κ1) is 9.13. The fourth-order valence-corrected chi connectivity index (χ4v) is 3.53. The van der Waals surface area contributed by atoms with Crippen molar-refractivity contribution in [3.8, 4) is 0 Å². The van der Waals surface area contributed by atoms with Crippen LogP contribution >= 0.6 is 0 Å². The van der Waals surface area contributed by atoms with Gasteiger partial charge in [0.15, 0.2) is 0 Å². The van der Waals surface area contributed by atoms with Gasteiger partial charge in [-0.3, -0.25) is 4.90 Å². The molecule has 0 amide bonds. The number of ether oxygens (including phenoxy) is 1. The van der Waals surface area contributed by atoms with Crippen molar-refractivity contribution in [3.63, 3.8) is 0 Å². The maximum absolute atomic E-state index is 5.42. The van der Waals surface area contributed by atoms with Crippen molar-refractivity contribution in [2.45, 2.75) is 18.9 Å². The molecule has 3 aliphatic rings. The van der Waals surface area contributed by atoms with Crippen molar-refractivity contribution < 1.29 is 4.74 Å². The van der Waals surface area contributed by atoms with E-state index >= 15 is 0 Å². The third-order valence-corrected chi connectivity index (χ3v) is 4.15. The lowest BCUT2D eigenvalue weighted by Gasteiger charge is -2.41. The Balaban J connectivity index is 1.70. The Bertz CT molecular complexity index is 187. The molecule has 2 saturated heterocycles. The predicted molar refractivity (Wildman–Crippen MR) is 55.3 cm³/mol. The number of nitrogens with zero attached hydrogens (tertiary/aromatic N) is 1. The number of morpholine rings is 1. The number of hydrogen-bond acceptors (Lipinski definition) is 3. The topological polar surface area (TPSA) is 24.5 Å². The van der Waals surface area contributed by atoms with E-state index in [1.807, 2.05) is 0 Å². The summed E-state index contributed by atoms with van der Waals surface area (Å²) in [5.41, 5.74) is 0. The quantitative estimate of drug-likeness (QED) is 0.653. The Hall–Kier alpha value is -0.120. The molecule has 3 nitrogen and oxygen atoms in total. The zero-order valence-corrected chi connectivity index (χ0v) is 8.74. The highest BCUT2D eigenvalue weighted by molar-refractivity contribution is 4.97. The van der Waals surface area contributed by atoms with Crippen LogP contribution in [-0.4, -0.2) is 50.3 Å². The van der Waals surface area contributed by atoms with E-state index in [-0.39, 0.29) is 0 Å². The summed E-state index contributed by atoms with van der Waals surface area (Å²) < 4.78 is 5.42. The van der Waals surface area contributed by atoms with Crippen LogP contribution in [0.1, 0.15) is 12.8 Å². The van der Waals surface area contributed by atoms with Crippen molar-refractivity contribution in [1.82, 2.24) is 10.2 Å². The van der Waals surface area contributed by atoms with Gasteiger partial charge in [0.1, 0.15) is 0 Å². The molecule has 2 heterocycles. The zero-order chi connectivity index (χ0) is 9.38. The van der Waals surface area contributed by atoms with Crippen LogP contribution < -0.4 is 5.32 Å². The maximum Gasteiger partial charge on any atom is 0.0594 e. The predicted octanol–water partition coefficient (Wildman–Crippen LogP) is 0.317. The number of rotatable bonds is 1. The lowest BCUT2D eigenvalue weighted by Crippen LogP contribution is -2.54. The van der Waals surface area contributed by atoms with Crippen LogP contribution in [0.4, 0.5) is 0 Å². The SMILES string of the molecule is C1CN(C2C3CCC2CNC3)CCO1. The number of nitrogens with one attached hydrogen (secondary N) is 1. The van der Waals surface area contributed by atoms with Gasteiger partial charge in [-0.25, -0.2) is 0 Å². The highest BCUT2D eigenvalue weighted by Crippen LogP contribution is 2.37. The van der Waals surface area contributed by atoms with E-state index in [0.29, 0.717) is 0 Å². The second-order valence-electron chi connectivity index (χ2n) is 4.89. The highest BCUT2D eigenvalue weighted by Gasteiger charge is 2.42. The van der Waals surface area contributed by atoms with Gasteiger partial charge >= 0.3 is 0 Å². The fourth-order valence-electron chi connectivity index (χ4n) is 3.53. The summed E-state index contributed by atoms with van der Waals surface area (Å²) in [5, 5.41) is 3.56. The molecule has 3 rings (SSSR count). The van der Waals surface area contributed by atoms with Gasteiger partial charge in [0, 0.05) is 19.1 Å². The summed E-state index contributed by atoms with van der Waals surface area (Å²) >= 11 is 0. The van der Waals surface area contributed by atoms with Crippen molar-refractivity contribution in [3.05, 3.63) is 0 Å².